The fourth-order valence-corrected chi connectivity index (χ4v) is 5.84. The molecule has 2 aliphatic heterocycles. The van der Waals surface area contributed by atoms with Crippen molar-refractivity contribution in [2.45, 2.75) is 33.3 Å². The first-order valence-electron chi connectivity index (χ1n) is 13.4. The first-order chi connectivity index (χ1) is 18.5. The van der Waals surface area contributed by atoms with Crippen molar-refractivity contribution in [1.82, 2.24) is 0 Å². The summed E-state index contributed by atoms with van der Waals surface area (Å²) in [5.41, 5.74) is 6.51. The van der Waals surface area contributed by atoms with Crippen LogP contribution < -0.4 is 14.5 Å². The van der Waals surface area contributed by atoms with E-state index in [1.165, 1.54) is 5.56 Å². The summed E-state index contributed by atoms with van der Waals surface area (Å²) in [5.74, 6) is 1.08. The maximum absolute atomic E-state index is 13.2. The summed E-state index contributed by atoms with van der Waals surface area (Å²) in [7, 11) is 0. The van der Waals surface area contributed by atoms with Crippen molar-refractivity contribution >= 4 is 23.0 Å². The van der Waals surface area contributed by atoms with Crippen molar-refractivity contribution < 1.29 is 14.3 Å². The van der Waals surface area contributed by atoms with Crippen LogP contribution >= 0.6 is 0 Å². The quantitative estimate of drug-likeness (QED) is 0.253. The summed E-state index contributed by atoms with van der Waals surface area (Å²) < 4.78 is 13.0. The van der Waals surface area contributed by atoms with Gasteiger partial charge in [-0.05, 0) is 76.2 Å². The van der Waals surface area contributed by atoms with Crippen molar-refractivity contribution in [2.75, 3.05) is 29.4 Å². The maximum atomic E-state index is 13.2. The Morgan fingerprint density at radius 3 is 2.13 bits per heavy atom. The van der Waals surface area contributed by atoms with Crippen LogP contribution in [0.1, 0.15) is 53.4 Å². The van der Waals surface area contributed by atoms with Gasteiger partial charge in [-0.3, -0.25) is 0 Å². The molecule has 1 unspecified atom stereocenters. The lowest BCUT2D eigenvalue weighted by atomic mass is 9.77. The highest BCUT2D eigenvalue weighted by Crippen LogP contribution is 2.57. The zero-order chi connectivity index (χ0) is 26.4. The number of fused-ring (bicyclic) bond motifs is 6. The van der Waals surface area contributed by atoms with Gasteiger partial charge in [-0.15, -0.1) is 0 Å². The highest BCUT2D eigenvalue weighted by molar-refractivity contribution is 5.97. The first-order valence-corrected chi connectivity index (χ1v) is 13.4. The molecule has 5 heteroatoms. The summed E-state index contributed by atoms with van der Waals surface area (Å²) in [6.07, 6.45) is 0. The molecule has 0 radical (unpaired) electrons. The fraction of sp³-hybridized carbons (Fsp3) is 0.242. The van der Waals surface area contributed by atoms with E-state index < -0.39 is 5.60 Å². The number of nitrogens with zero attached hydrogens (tertiary/aromatic N) is 2. The van der Waals surface area contributed by atoms with E-state index in [1.54, 1.807) is 0 Å². The molecule has 4 aromatic rings. The SMILES string of the molecule is CCN(CC)c1ccc2c(c1)C1(OC(=O)c3ccccc31)c1ccc(N(CC)c3ccc(C)cc3)cc1O2. The van der Waals surface area contributed by atoms with Gasteiger partial charge in [-0.25, -0.2) is 4.79 Å². The van der Waals surface area contributed by atoms with E-state index in [1.807, 2.05) is 30.3 Å². The largest absolute Gasteiger partial charge is 0.456 e. The second kappa shape index (κ2) is 9.25. The van der Waals surface area contributed by atoms with E-state index in [4.69, 9.17) is 9.47 Å². The molecule has 2 heterocycles. The normalized spacial score (nSPS) is 16.8. The van der Waals surface area contributed by atoms with Crippen LogP contribution in [0.2, 0.25) is 0 Å². The summed E-state index contributed by atoms with van der Waals surface area (Å²) >= 11 is 0. The smallest absolute Gasteiger partial charge is 0.340 e. The average molecular weight is 505 g/mol. The number of hydrogen-bond donors (Lipinski definition) is 0. The van der Waals surface area contributed by atoms with Gasteiger partial charge in [0, 0.05) is 59.5 Å². The van der Waals surface area contributed by atoms with Crippen LogP contribution in [0.5, 0.6) is 11.5 Å². The Morgan fingerprint density at radius 1 is 0.684 bits per heavy atom. The van der Waals surface area contributed by atoms with Gasteiger partial charge >= 0.3 is 5.97 Å². The number of carbonyl (C=O) groups excluding carboxylic acids is 1. The van der Waals surface area contributed by atoms with E-state index in [-0.39, 0.29) is 5.97 Å². The summed E-state index contributed by atoms with van der Waals surface area (Å²) in [5, 5.41) is 0. The standard InChI is InChI=1S/C33H32N2O3/c1-5-34(6-2)24-17-19-30-29(20-24)33(27-11-9-8-10-26(27)32(36)38-33)28-18-16-25(21-31(28)37-30)35(7-3)23-14-12-22(4)13-15-23/h8-21H,5-7H2,1-4H3. The van der Waals surface area contributed by atoms with Crippen molar-refractivity contribution in [2.24, 2.45) is 0 Å². The Bertz CT molecular complexity index is 1520. The molecule has 192 valence electrons. The third-order valence-corrected chi connectivity index (χ3v) is 7.78. The molecule has 0 saturated carbocycles. The minimum Gasteiger partial charge on any atom is -0.456 e. The lowest BCUT2D eigenvalue weighted by molar-refractivity contribution is 0.0224. The van der Waals surface area contributed by atoms with Crippen LogP contribution in [0.15, 0.2) is 84.9 Å². The monoisotopic (exact) mass is 504 g/mol. The Kier molecular flexibility index (Phi) is 5.87. The number of rotatable bonds is 6. The number of hydrogen-bond acceptors (Lipinski definition) is 5. The van der Waals surface area contributed by atoms with Crippen LogP contribution in [0.3, 0.4) is 0 Å². The lowest BCUT2D eigenvalue weighted by Gasteiger charge is -2.38. The molecular formula is C33H32N2O3. The van der Waals surface area contributed by atoms with Crippen molar-refractivity contribution in [3.05, 3.63) is 113 Å². The number of ether oxygens (including phenoxy) is 2. The van der Waals surface area contributed by atoms with Crippen molar-refractivity contribution in [3.8, 4) is 11.5 Å². The highest BCUT2D eigenvalue weighted by Gasteiger charge is 2.53. The van der Waals surface area contributed by atoms with E-state index in [0.29, 0.717) is 17.1 Å². The van der Waals surface area contributed by atoms with Gasteiger partial charge in [-0.2, -0.15) is 0 Å². The molecule has 0 bridgehead atoms. The molecule has 2 aliphatic rings. The van der Waals surface area contributed by atoms with E-state index in [2.05, 4.69) is 92.1 Å². The van der Waals surface area contributed by atoms with Crippen LogP contribution in [-0.4, -0.2) is 25.6 Å². The minimum atomic E-state index is -1.07. The molecule has 0 aromatic heterocycles. The second-order valence-electron chi connectivity index (χ2n) is 9.83. The molecule has 38 heavy (non-hydrogen) atoms. The number of esters is 1. The molecule has 1 spiro atoms. The van der Waals surface area contributed by atoms with Crippen LogP contribution in [0.25, 0.3) is 0 Å². The lowest BCUT2D eigenvalue weighted by Crippen LogP contribution is -2.33. The maximum Gasteiger partial charge on any atom is 0.340 e. The molecule has 0 amide bonds. The fourth-order valence-electron chi connectivity index (χ4n) is 5.84. The topological polar surface area (TPSA) is 42.0 Å². The van der Waals surface area contributed by atoms with Gasteiger partial charge in [0.05, 0.1) is 5.56 Å². The highest BCUT2D eigenvalue weighted by atomic mass is 16.6. The Balaban J connectivity index is 1.55. The second-order valence-corrected chi connectivity index (χ2v) is 9.83. The molecule has 0 N–H and O–H groups in total. The molecule has 4 aromatic carbocycles. The van der Waals surface area contributed by atoms with Gasteiger partial charge in [0.2, 0.25) is 0 Å². The van der Waals surface area contributed by atoms with E-state index in [0.717, 1.165) is 53.4 Å². The van der Waals surface area contributed by atoms with Crippen LogP contribution in [0, 0.1) is 6.92 Å². The number of aryl methyl sites for hydroxylation is 1. The summed E-state index contributed by atoms with van der Waals surface area (Å²) in [6.45, 7) is 11.1. The number of anilines is 3. The first kappa shape index (κ1) is 24.1. The Labute approximate surface area is 224 Å². The number of carbonyl (C=O) groups is 1. The Hall–Kier alpha value is -4.25. The third kappa shape index (κ3) is 3.57. The molecule has 0 aliphatic carbocycles. The minimum absolute atomic E-state index is 0.313. The van der Waals surface area contributed by atoms with Crippen molar-refractivity contribution in [1.29, 1.82) is 0 Å². The predicted molar refractivity (Wildman–Crippen MR) is 152 cm³/mol. The van der Waals surface area contributed by atoms with Gasteiger partial charge in [0.1, 0.15) is 11.5 Å². The number of benzene rings is 4. The average Bonchev–Trinajstić information content (AvgIpc) is 3.24. The van der Waals surface area contributed by atoms with Gasteiger partial charge in [-0.1, -0.05) is 35.9 Å². The van der Waals surface area contributed by atoms with Gasteiger partial charge in [0.25, 0.3) is 0 Å². The molecular weight excluding hydrogens is 472 g/mol. The Morgan fingerprint density at radius 2 is 1.39 bits per heavy atom. The molecule has 6 rings (SSSR count). The zero-order valence-corrected chi connectivity index (χ0v) is 22.3. The third-order valence-electron chi connectivity index (χ3n) is 7.78. The van der Waals surface area contributed by atoms with E-state index in [9.17, 15) is 4.79 Å². The van der Waals surface area contributed by atoms with Crippen LogP contribution in [0.4, 0.5) is 17.1 Å². The summed E-state index contributed by atoms with van der Waals surface area (Å²) in [6, 6.07) is 28.7. The van der Waals surface area contributed by atoms with Crippen LogP contribution in [-0.2, 0) is 10.3 Å². The molecule has 0 fully saturated rings. The van der Waals surface area contributed by atoms with E-state index >= 15 is 0 Å². The summed E-state index contributed by atoms with van der Waals surface area (Å²) in [4.78, 5) is 17.8. The molecule has 0 saturated heterocycles. The van der Waals surface area contributed by atoms with Crippen molar-refractivity contribution in [3.63, 3.8) is 0 Å². The van der Waals surface area contributed by atoms with Gasteiger partial charge in [0.15, 0.2) is 5.60 Å². The van der Waals surface area contributed by atoms with Gasteiger partial charge < -0.3 is 19.3 Å². The molecule has 5 nitrogen and oxygen atoms in total. The molecule has 1 atom stereocenters. The predicted octanol–water partition coefficient (Wildman–Crippen LogP) is 7.57. The zero-order valence-electron chi connectivity index (χ0n) is 22.3.